The van der Waals surface area contributed by atoms with Gasteiger partial charge < -0.3 is 20.5 Å². The zero-order chi connectivity index (χ0) is 17.3. The van der Waals surface area contributed by atoms with Crippen molar-refractivity contribution in [2.75, 3.05) is 39.4 Å². The predicted molar refractivity (Wildman–Crippen MR) is 115 cm³/mol. The molecular weight excluding hydrogens is 443 g/mol. The lowest BCUT2D eigenvalue weighted by Crippen LogP contribution is -2.39. The number of ether oxygens (including phenoxy) is 2. The number of hydrogen-bond donors (Lipinski definition) is 2. The number of nitrogens with zero attached hydrogens (tertiary/aromatic N) is 2. The minimum Gasteiger partial charge on any atom is -0.490 e. The monoisotopic (exact) mass is 474 g/mol. The number of aliphatic imine (C=N–C) groups is 1. The van der Waals surface area contributed by atoms with Crippen LogP contribution in [0.2, 0.25) is 0 Å². The van der Waals surface area contributed by atoms with Crippen molar-refractivity contribution in [2.24, 2.45) is 10.7 Å². The van der Waals surface area contributed by atoms with Gasteiger partial charge in [-0.1, -0.05) is 18.2 Å². The Morgan fingerprint density at radius 2 is 2.04 bits per heavy atom. The standard InChI is InChI=1S/C19H30N4O2.HI/c20-19(21-9-4-10-23-11-13-24-14-12-23)22-15-16-5-1-2-8-18(16)25-17-6-3-7-17;/h1-2,5,8,17H,3-4,6-7,9-15H2,(H3,20,21,22);1H. The molecule has 3 rings (SSSR count). The first-order valence-electron chi connectivity index (χ1n) is 9.40. The maximum absolute atomic E-state index is 6.03. The van der Waals surface area contributed by atoms with E-state index in [2.05, 4.69) is 21.3 Å². The summed E-state index contributed by atoms with van der Waals surface area (Å²) < 4.78 is 11.4. The fourth-order valence-corrected chi connectivity index (χ4v) is 2.99. The van der Waals surface area contributed by atoms with Crippen LogP contribution >= 0.6 is 24.0 Å². The van der Waals surface area contributed by atoms with Crippen LogP contribution < -0.4 is 15.8 Å². The zero-order valence-corrected chi connectivity index (χ0v) is 17.7. The van der Waals surface area contributed by atoms with Crippen molar-refractivity contribution in [2.45, 2.75) is 38.3 Å². The van der Waals surface area contributed by atoms with Gasteiger partial charge in [-0.3, -0.25) is 4.90 Å². The lowest BCUT2D eigenvalue weighted by molar-refractivity contribution is 0.0376. The lowest BCUT2D eigenvalue weighted by atomic mass is 9.96. The van der Waals surface area contributed by atoms with Gasteiger partial charge >= 0.3 is 0 Å². The molecule has 26 heavy (non-hydrogen) atoms. The Balaban J connectivity index is 0.00000243. The molecule has 1 aromatic carbocycles. The van der Waals surface area contributed by atoms with Crippen molar-refractivity contribution in [3.8, 4) is 5.75 Å². The van der Waals surface area contributed by atoms with Crippen LogP contribution in [0.1, 0.15) is 31.2 Å². The van der Waals surface area contributed by atoms with Crippen LogP contribution in [0, 0.1) is 0 Å². The van der Waals surface area contributed by atoms with E-state index in [-0.39, 0.29) is 24.0 Å². The van der Waals surface area contributed by atoms with Crippen molar-refractivity contribution < 1.29 is 9.47 Å². The molecule has 6 nitrogen and oxygen atoms in total. The van der Waals surface area contributed by atoms with E-state index < -0.39 is 0 Å². The molecule has 0 atom stereocenters. The lowest BCUT2D eigenvalue weighted by Gasteiger charge is -2.27. The smallest absolute Gasteiger partial charge is 0.188 e. The molecule has 1 aliphatic carbocycles. The van der Waals surface area contributed by atoms with Gasteiger partial charge in [-0.05, 0) is 38.3 Å². The number of nitrogens with one attached hydrogen (secondary N) is 1. The van der Waals surface area contributed by atoms with Crippen molar-refractivity contribution >= 4 is 29.9 Å². The summed E-state index contributed by atoms with van der Waals surface area (Å²) in [7, 11) is 0. The number of para-hydroxylation sites is 1. The molecule has 2 aliphatic rings. The number of rotatable bonds is 8. The summed E-state index contributed by atoms with van der Waals surface area (Å²) in [6.45, 7) is 6.21. The van der Waals surface area contributed by atoms with E-state index in [1.807, 2.05) is 18.2 Å². The van der Waals surface area contributed by atoms with E-state index in [0.29, 0.717) is 18.6 Å². The number of morpholine rings is 1. The van der Waals surface area contributed by atoms with E-state index in [1.165, 1.54) is 6.42 Å². The van der Waals surface area contributed by atoms with Gasteiger partial charge in [-0.25, -0.2) is 4.99 Å². The molecule has 0 spiro atoms. The fraction of sp³-hybridized carbons (Fsp3) is 0.632. The molecule has 3 N–H and O–H groups in total. The van der Waals surface area contributed by atoms with Gasteiger partial charge in [0, 0.05) is 25.2 Å². The van der Waals surface area contributed by atoms with Gasteiger partial charge in [0.1, 0.15) is 5.75 Å². The van der Waals surface area contributed by atoms with Crippen LogP contribution in [-0.2, 0) is 11.3 Å². The van der Waals surface area contributed by atoms with Gasteiger partial charge in [0.05, 0.1) is 25.9 Å². The highest BCUT2D eigenvalue weighted by molar-refractivity contribution is 14.0. The second-order valence-corrected chi connectivity index (χ2v) is 6.71. The van der Waals surface area contributed by atoms with E-state index in [0.717, 1.165) is 70.0 Å². The Hall–Kier alpha value is -1.06. The summed E-state index contributed by atoms with van der Waals surface area (Å²) in [6, 6.07) is 8.11. The van der Waals surface area contributed by atoms with Gasteiger partial charge in [-0.2, -0.15) is 0 Å². The summed E-state index contributed by atoms with van der Waals surface area (Å²) in [6.07, 6.45) is 5.01. The first-order valence-corrected chi connectivity index (χ1v) is 9.40. The van der Waals surface area contributed by atoms with E-state index in [9.17, 15) is 0 Å². The average Bonchev–Trinajstić information content (AvgIpc) is 2.62. The molecule has 1 saturated heterocycles. The molecule has 0 unspecified atom stereocenters. The minimum absolute atomic E-state index is 0. The summed E-state index contributed by atoms with van der Waals surface area (Å²) >= 11 is 0. The highest BCUT2D eigenvalue weighted by atomic mass is 127. The summed E-state index contributed by atoms with van der Waals surface area (Å²) in [5.74, 6) is 1.44. The molecule has 1 saturated carbocycles. The molecular formula is C19H31IN4O2. The Kier molecular flexibility index (Phi) is 9.49. The predicted octanol–water partition coefficient (Wildman–Crippen LogP) is 2.36. The maximum atomic E-state index is 6.03. The Labute approximate surface area is 173 Å². The molecule has 2 fully saturated rings. The van der Waals surface area contributed by atoms with Gasteiger partial charge in [-0.15, -0.1) is 24.0 Å². The number of guanidine groups is 1. The normalized spacial score (nSPS) is 18.7. The largest absolute Gasteiger partial charge is 0.490 e. The average molecular weight is 474 g/mol. The summed E-state index contributed by atoms with van der Waals surface area (Å²) in [5, 5.41) is 3.20. The van der Waals surface area contributed by atoms with Gasteiger partial charge in [0.2, 0.25) is 0 Å². The maximum Gasteiger partial charge on any atom is 0.188 e. The van der Waals surface area contributed by atoms with Crippen LogP contribution in [0.15, 0.2) is 29.3 Å². The fourth-order valence-electron chi connectivity index (χ4n) is 2.99. The Morgan fingerprint density at radius 3 is 2.77 bits per heavy atom. The van der Waals surface area contributed by atoms with Crippen molar-refractivity contribution in [3.63, 3.8) is 0 Å². The molecule has 0 radical (unpaired) electrons. The third kappa shape index (κ3) is 6.92. The molecule has 0 amide bonds. The highest BCUT2D eigenvalue weighted by Crippen LogP contribution is 2.27. The summed E-state index contributed by atoms with van der Waals surface area (Å²) in [4.78, 5) is 6.88. The molecule has 7 heteroatoms. The Morgan fingerprint density at radius 1 is 1.27 bits per heavy atom. The Bertz CT molecular complexity index is 560. The van der Waals surface area contributed by atoms with Crippen molar-refractivity contribution in [1.29, 1.82) is 0 Å². The molecule has 1 aromatic rings. The van der Waals surface area contributed by atoms with E-state index >= 15 is 0 Å². The van der Waals surface area contributed by atoms with Gasteiger partial charge in [0.15, 0.2) is 5.96 Å². The van der Waals surface area contributed by atoms with Crippen LogP contribution in [0.25, 0.3) is 0 Å². The van der Waals surface area contributed by atoms with E-state index in [4.69, 9.17) is 15.2 Å². The van der Waals surface area contributed by atoms with Crippen LogP contribution in [0.5, 0.6) is 5.75 Å². The number of benzene rings is 1. The number of nitrogens with two attached hydrogens (primary N) is 1. The molecule has 0 bridgehead atoms. The molecule has 1 heterocycles. The highest BCUT2D eigenvalue weighted by Gasteiger charge is 2.20. The SMILES string of the molecule is I.NC(=NCc1ccccc1OC1CCC1)NCCCN1CCOCC1. The van der Waals surface area contributed by atoms with Crippen LogP contribution in [0.3, 0.4) is 0 Å². The molecule has 146 valence electrons. The molecule has 1 aliphatic heterocycles. The van der Waals surface area contributed by atoms with Crippen LogP contribution in [-0.4, -0.2) is 56.4 Å². The van der Waals surface area contributed by atoms with Crippen molar-refractivity contribution in [1.82, 2.24) is 10.2 Å². The second-order valence-electron chi connectivity index (χ2n) is 6.71. The van der Waals surface area contributed by atoms with Crippen LogP contribution in [0.4, 0.5) is 0 Å². The van der Waals surface area contributed by atoms with E-state index in [1.54, 1.807) is 0 Å². The summed E-state index contributed by atoms with van der Waals surface area (Å²) in [5.41, 5.74) is 7.08. The molecule has 0 aromatic heterocycles. The first-order chi connectivity index (χ1) is 12.3. The number of hydrogen-bond acceptors (Lipinski definition) is 4. The van der Waals surface area contributed by atoms with Crippen molar-refractivity contribution in [3.05, 3.63) is 29.8 Å². The van der Waals surface area contributed by atoms with Gasteiger partial charge in [0.25, 0.3) is 0 Å². The quantitative estimate of drug-likeness (QED) is 0.262. The first kappa shape index (κ1) is 21.2. The second kappa shape index (κ2) is 11.6. The zero-order valence-electron chi connectivity index (χ0n) is 15.4. The minimum atomic E-state index is 0. The third-order valence-electron chi connectivity index (χ3n) is 4.80. The third-order valence-corrected chi connectivity index (χ3v) is 4.80. The number of halogens is 1. The topological polar surface area (TPSA) is 72.1 Å².